The van der Waals surface area contributed by atoms with Gasteiger partial charge in [-0.3, -0.25) is 9.63 Å². The first-order valence-electron chi connectivity index (χ1n) is 4.90. The number of hydroxylamine groups is 1. The maximum absolute atomic E-state index is 11.5. The molecule has 1 N–H and O–H groups in total. The Balaban J connectivity index is 3.75. The second-order valence-electron chi connectivity index (χ2n) is 4.63. The monoisotopic (exact) mass is 202 g/mol. The van der Waals surface area contributed by atoms with Gasteiger partial charge in [0, 0.05) is 13.1 Å². The molecule has 0 bridgehead atoms. The predicted molar refractivity (Wildman–Crippen MR) is 56.7 cm³/mol. The zero-order valence-electron chi connectivity index (χ0n) is 10.0. The molecule has 0 radical (unpaired) electrons. The minimum Gasteiger partial charge on any atom is -0.342 e. The van der Waals surface area contributed by atoms with E-state index in [0.29, 0.717) is 0 Å². The van der Waals surface area contributed by atoms with E-state index in [-0.39, 0.29) is 24.1 Å². The van der Waals surface area contributed by atoms with Crippen LogP contribution < -0.4 is 5.48 Å². The van der Waals surface area contributed by atoms with Gasteiger partial charge in [-0.25, -0.2) is 0 Å². The smallest absolute Gasteiger partial charge is 0.238 e. The summed E-state index contributed by atoms with van der Waals surface area (Å²) in [6.45, 7) is 9.95. The Labute approximate surface area is 86.6 Å². The first-order valence-corrected chi connectivity index (χ1v) is 4.90. The van der Waals surface area contributed by atoms with Crippen molar-refractivity contribution in [2.45, 2.75) is 46.3 Å². The average Bonchev–Trinajstić information content (AvgIpc) is 2.00. The van der Waals surface area contributed by atoms with Crippen molar-refractivity contribution in [1.29, 1.82) is 0 Å². The van der Waals surface area contributed by atoms with Crippen LogP contribution in [0.3, 0.4) is 0 Å². The third-order valence-corrected chi connectivity index (χ3v) is 1.77. The Kier molecular flexibility index (Phi) is 5.08. The van der Waals surface area contributed by atoms with Crippen molar-refractivity contribution < 1.29 is 9.63 Å². The fourth-order valence-corrected chi connectivity index (χ4v) is 0.727. The second kappa shape index (κ2) is 5.32. The van der Waals surface area contributed by atoms with Gasteiger partial charge in [0.2, 0.25) is 5.91 Å². The summed E-state index contributed by atoms with van der Waals surface area (Å²) in [6, 6.07) is 0.221. The van der Waals surface area contributed by atoms with Crippen LogP contribution in [0.5, 0.6) is 0 Å². The molecule has 4 nitrogen and oxygen atoms in total. The molecule has 4 heteroatoms. The third kappa shape index (κ3) is 5.94. The van der Waals surface area contributed by atoms with Gasteiger partial charge in [0.1, 0.15) is 6.54 Å². The second-order valence-corrected chi connectivity index (χ2v) is 4.63. The Morgan fingerprint density at radius 3 is 2.29 bits per heavy atom. The van der Waals surface area contributed by atoms with E-state index in [9.17, 15) is 4.79 Å². The molecule has 0 unspecified atom stereocenters. The molecule has 0 atom stereocenters. The Morgan fingerprint density at radius 1 is 1.43 bits per heavy atom. The van der Waals surface area contributed by atoms with E-state index in [1.54, 1.807) is 11.9 Å². The van der Waals surface area contributed by atoms with Gasteiger partial charge in [-0.05, 0) is 34.6 Å². The van der Waals surface area contributed by atoms with E-state index in [1.165, 1.54) is 0 Å². The molecule has 0 heterocycles. The molecule has 0 aromatic rings. The fraction of sp³-hybridized carbons (Fsp3) is 0.900. The van der Waals surface area contributed by atoms with E-state index >= 15 is 0 Å². The maximum atomic E-state index is 11.5. The molecule has 14 heavy (non-hydrogen) atoms. The molecule has 0 aliphatic carbocycles. The first-order chi connectivity index (χ1) is 6.24. The van der Waals surface area contributed by atoms with Crippen LogP contribution in [0.15, 0.2) is 0 Å². The highest BCUT2D eigenvalue weighted by atomic mass is 16.7. The SMILES string of the molecule is CC(C)N(C)C(=O)CNOC(C)(C)C. The maximum Gasteiger partial charge on any atom is 0.238 e. The highest BCUT2D eigenvalue weighted by Crippen LogP contribution is 2.03. The summed E-state index contributed by atoms with van der Waals surface area (Å²) in [6.07, 6.45) is 0. The highest BCUT2D eigenvalue weighted by molar-refractivity contribution is 5.78. The van der Waals surface area contributed by atoms with Gasteiger partial charge >= 0.3 is 0 Å². The zero-order valence-corrected chi connectivity index (χ0v) is 10.0. The molecule has 0 saturated heterocycles. The lowest BCUT2D eigenvalue weighted by atomic mass is 10.2. The molecule has 0 fully saturated rings. The average molecular weight is 202 g/mol. The molecule has 0 spiro atoms. The summed E-state index contributed by atoms with van der Waals surface area (Å²) in [5.41, 5.74) is 2.40. The highest BCUT2D eigenvalue weighted by Gasteiger charge is 2.14. The van der Waals surface area contributed by atoms with Gasteiger partial charge in [-0.1, -0.05) is 0 Å². The van der Waals surface area contributed by atoms with Crippen LogP contribution in [0.4, 0.5) is 0 Å². The van der Waals surface area contributed by atoms with Crippen LogP contribution in [0.25, 0.3) is 0 Å². The van der Waals surface area contributed by atoms with Crippen molar-refractivity contribution in [2.24, 2.45) is 0 Å². The molecular weight excluding hydrogens is 180 g/mol. The third-order valence-electron chi connectivity index (χ3n) is 1.77. The van der Waals surface area contributed by atoms with Gasteiger partial charge in [0.25, 0.3) is 0 Å². The van der Waals surface area contributed by atoms with E-state index in [0.717, 1.165) is 0 Å². The topological polar surface area (TPSA) is 41.6 Å². The van der Waals surface area contributed by atoms with Crippen LogP contribution in [0.2, 0.25) is 0 Å². The predicted octanol–water partition coefficient (Wildman–Crippen LogP) is 1.17. The number of carbonyl (C=O) groups is 1. The summed E-state index contributed by atoms with van der Waals surface area (Å²) in [5, 5.41) is 0. The van der Waals surface area contributed by atoms with Gasteiger partial charge in [0.15, 0.2) is 0 Å². The van der Waals surface area contributed by atoms with Crippen LogP contribution in [0, 0.1) is 0 Å². The number of rotatable bonds is 4. The number of carbonyl (C=O) groups excluding carboxylic acids is 1. The van der Waals surface area contributed by atoms with Crippen molar-refractivity contribution in [3.8, 4) is 0 Å². The molecule has 0 saturated carbocycles. The minimum atomic E-state index is -0.267. The van der Waals surface area contributed by atoms with Crippen LogP contribution in [-0.2, 0) is 9.63 Å². The quantitative estimate of drug-likeness (QED) is 0.696. The van der Waals surface area contributed by atoms with Gasteiger partial charge < -0.3 is 4.90 Å². The van der Waals surface area contributed by atoms with Crippen molar-refractivity contribution in [1.82, 2.24) is 10.4 Å². The zero-order chi connectivity index (χ0) is 11.4. The molecule has 0 aliphatic heterocycles. The van der Waals surface area contributed by atoms with E-state index in [2.05, 4.69) is 5.48 Å². The summed E-state index contributed by atoms with van der Waals surface area (Å²) in [4.78, 5) is 18.4. The molecule has 84 valence electrons. The molecule has 0 aromatic carbocycles. The Morgan fingerprint density at radius 2 is 1.93 bits per heavy atom. The standard InChI is InChI=1S/C10H22N2O2/c1-8(2)12(6)9(13)7-11-14-10(3,4)5/h8,11H,7H2,1-6H3. The van der Waals surface area contributed by atoms with Crippen molar-refractivity contribution in [2.75, 3.05) is 13.6 Å². The summed E-state index contributed by atoms with van der Waals surface area (Å²) in [5.74, 6) is 0.0317. The van der Waals surface area contributed by atoms with Gasteiger partial charge in [0.05, 0.1) is 5.60 Å². The lowest BCUT2D eigenvalue weighted by Gasteiger charge is -2.23. The Hall–Kier alpha value is -0.610. The largest absolute Gasteiger partial charge is 0.342 e. The van der Waals surface area contributed by atoms with Crippen molar-refractivity contribution >= 4 is 5.91 Å². The molecule has 1 amide bonds. The fourth-order valence-electron chi connectivity index (χ4n) is 0.727. The first kappa shape index (κ1) is 13.4. The van der Waals surface area contributed by atoms with Crippen LogP contribution in [0.1, 0.15) is 34.6 Å². The summed E-state index contributed by atoms with van der Waals surface area (Å²) in [7, 11) is 1.78. The normalized spacial score (nSPS) is 11.9. The number of hydrogen-bond donors (Lipinski definition) is 1. The van der Waals surface area contributed by atoms with Gasteiger partial charge in [-0.15, -0.1) is 0 Å². The number of hydrogen-bond acceptors (Lipinski definition) is 3. The van der Waals surface area contributed by atoms with Crippen LogP contribution >= 0.6 is 0 Å². The number of likely N-dealkylation sites (N-methyl/N-ethyl adjacent to an activating group) is 1. The number of nitrogens with one attached hydrogen (secondary N) is 1. The molecule has 0 aromatic heterocycles. The lowest BCUT2D eigenvalue weighted by Crippen LogP contribution is -2.41. The molecule has 0 aliphatic rings. The summed E-state index contributed by atoms with van der Waals surface area (Å²) >= 11 is 0. The van der Waals surface area contributed by atoms with Gasteiger partial charge in [-0.2, -0.15) is 5.48 Å². The van der Waals surface area contributed by atoms with E-state index in [1.807, 2.05) is 34.6 Å². The molecular formula is C10H22N2O2. The van der Waals surface area contributed by atoms with Crippen molar-refractivity contribution in [3.05, 3.63) is 0 Å². The lowest BCUT2D eigenvalue weighted by molar-refractivity contribution is -0.137. The van der Waals surface area contributed by atoms with E-state index in [4.69, 9.17) is 4.84 Å². The van der Waals surface area contributed by atoms with Crippen LogP contribution in [-0.4, -0.2) is 36.0 Å². The Bertz CT molecular complexity index is 185. The van der Waals surface area contributed by atoms with E-state index < -0.39 is 0 Å². The molecule has 0 rings (SSSR count). The minimum absolute atomic E-state index is 0.0317. The summed E-state index contributed by atoms with van der Waals surface area (Å²) < 4.78 is 0. The number of amides is 1. The number of nitrogens with zero attached hydrogens (tertiary/aromatic N) is 1. The van der Waals surface area contributed by atoms with Crippen molar-refractivity contribution in [3.63, 3.8) is 0 Å².